The third-order valence-electron chi connectivity index (χ3n) is 7.80. The van der Waals surface area contributed by atoms with Crippen molar-refractivity contribution in [2.24, 2.45) is 25.0 Å². The van der Waals surface area contributed by atoms with Gasteiger partial charge in [0.25, 0.3) is 0 Å². The van der Waals surface area contributed by atoms with Gasteiger partial charge in [0.1, 0.15) is 17.5 Å². The molecule has 0 unspecified atom stereocenters. The van der Waals surface area contributed by atoms with Gasteiger partial charge in [0, 0.05) is 50.4 Å². The number of benzene rings is 4. The van der Waals surface area contributed by atoms with Gasteiger partial charge in [0.05, 0.1) is 0 Å². The van der Waals surface area contributed by atoms with Crippen molar-refractivity contribution in [3.05, 3.63) is 137 Å². The van der Waals surface area contributed by atoms with Gasteiger partial charge in [-0.2, -0.15) is 0 Å². The van der Waals surface area contributed by atoms with E-state index in [1.54, 1.807) is 0 Å². The quantitative estimate of drug-likeness (QED) is 0.225. The van der Waals surface area contributed by atoms with Crippen LogP contribution in [0.1, 0.15) is 47.2 Å². The monoisotopic (exact) mass is 585 g/mol. The van der Waals surface area contributed by atoms with Crippen molar-refractivity contribution < 1.29 is 0 Å². The molecule has 209 valence electrons. The maximum atomic E-state index is 8.42. The molecule has 44 heavy (non-hydrogen) atoms. The molecule has 0 atom stereocenters. The molecule has 4 aromatic carbocycles. The Labute approximate surface area is 260 Å². The van der Waals surface area contributed by atoms with Gasteiger partial charge in [0.2, 0.25) is 0 Å². The van der Waals surface area contributed by atoms with Crippen molar-refractivity contribution in [1.29, 1.82) is 5.41 Å². The summed E-state index contributed by atoms with van der Waals surface area (Å²) in [6.07, 6.45) is 1.97. The molecule has 0 amide bonds. The average molecular weight is 586 g/mol. The molecule has 8 nitrogen and oxygen atoms in total. The van der Waals surface area contributed by atoms with Gasteiger partial charge in [-0.05, 0) is 0 Å². The number of aromatic amines is 1. The molecule has 0 bridgehead atoms. The number of nitrogens with zero attached hydrogens (tertiary/aromatic N) is 6. The van der Waals surface area contributed by atoms with Crippen molar-refractivity contribution in [3.8, 4) is 0 Å². The van der Waals surface area contributed by atoms with Crippen LogP contribution in [0.2, 0.25) is 4.78 Å². The fourth-order valence-electron chi connectivity index (χ4n) is 5.82. The zero-order chi connectivity index (χ0) is 29.8. The van der Waals surface area contributed by atoms with E-state index in [4.69, 9.17) is 25.4 Å². The molecule has 5 aromatic rings. The third kappa shape index (κ3) is 4.37. The summed E-state index contributed by atoms with van der Waals surface area (Å²) >= 11 is -0.249. The van der Waals surface area contributed by atoms with Gasteiger partial charge in [-0.1, -0.05) is 116 Å². The largest absolute Gasteiger partial charge is 0.412 e. The lowest BCUT2D eigenvalue weighted by Gasteiger charge is -2.22. The van der Waals surface area contributed by atoms with Crippen LogP contribution >= 0.6 is 0 Å². The molecule has 8 rings (SSSR count). The summed E-state index contributed by atoms with van der Waals surface area (Å²) in [4.78, 5) is 28.2. The van der Waals surface area contributed by atoms with Crippen LogP contribution in [0.15, 0.2) is 128 Å². The number of rotatable bonds is 3. The van der Waals surface area contributed by atoms with Gasteiger partial charge >= 0.3 is 15.4 Å². The average Bonchev–Trinajstić information content (AvgIpc) is 3.77. The first-order valence-corrected chi connectivity index (χ1v) is 15.7. The molecule has 2 N–H and O–H groups in total. The van der Waals surface area contributed by atoms with Crippen LogP contribution in [0.4, 0.5) is 5.82 Å². The van der Waals surface area contributed by atoms with Crippen LogP contribution < -0.4 is 0 Å². The molecule has 0 aliphatic carbocycles. The smallest absolute Gasteiger partial charge is 0.385 e. The van der Waals surface area contributed by atoms with Crippen LogP contribution in [0.25, 0.3) is 10.8 Å². The molecule has 1 aromatic heterocycles. The minimum atomic E-state index is -0.249. The molecule has 3 aliphatic heterocycles. The highest BCUT2D eigenvalue weighted by Gasteiger charge is 2.35. The first-order valence-electron chi connectivity index (χ1n) is 14.6. The predicted octanol–water partition coefficient (Wildman–Crippen LogP) is 6.75. The van der Waals surface area contributed by atoms with E-state index in [1.807, 2.05) is 72.9 Å². The number of H-pyrrole nitrogens is 1. The summed E-state index contributed by atoms with van der Waals surface area (Å²) in [6.45, 7) is 4.44. The lowest BCUT2D eigenvalue weighted by atomic mass is 10.1. The molecular weight excluding hydrogens is 559 g/mol. The lowest BCUT2D eigenvalue weighted by Crippen LogP contribution is -2.37. The van der Waals surface area contributed by atoms with E-state index < -0.39 is 0 Å². The van der Waals surface area contributed by atoms with Gasteiger partial charge < -0.3 is 8.87 Å². The highest BCUT2D eigenvalue weighted by Crippen LogP contribution is 2.31. The number of aliphatic imine (C=N–C) groups is 5. The Morgan fingerprint density at radius 1 is 0.659 bits per heavy atom. The number of aromatic nitrogens is 1. The summed E-state index contributed by atoms with van der Waals surface area (Å²) < 4.78 is 2.66. The molecule has 0 saturated heterocycles. The fourth-order valence-corrected chi connectivity index (χ4v) is 7.09. The Morgan fingerprint density at radius 2 is 1.20 bits per heavy atom. The van der Waals surface area contributed by atoms with E-state index in [0.717, 1.165) is 61.6 Å². The number of nitrogens with one attached hydrogen (secondary N) is 2. The zero-order valence-electron chi connectivity index (χ0n) is 24.2. The number of hydrogen-bond donors (Lipinski definition) is 2. The van der Waals surface area contributed by atoms with Gasteiger partial charge in [-0.15, -0.1) is 0 Å². The first-order chi connectivity index (χ1) is 21.5. The number of fused-ring (bicyclic) bond motifs is 4. The number of amidine groups is 6. The molecule has 0 spiro atoms. The Balaban J connectivity index is 1.28. The zero-order valence-corrected chi connectivity index (χ0v) is 25.3. The SMILES string of the molecule is C[CH](C)[Al][N]1C(=NC2=NC(=N)c3ccccc32)c2ccccc2C1=NC1=N/C(=N\c2[nH]cc3ccccc23)c2ccccc21. The van der Waals surface area contributed by atoms with E-state index in [0.29, 0.717) is 22.3 Å². The second kappa shape index (κ2) is 10.5. The van der Waals surface area contributed by atoms with E-state index >= 15 is 0 Å². The summed E-state index contributed by atoms with van der Waals surface area (Å²) in [7, 11) is 0. The van der Waals surface area contributed by atoms with Gasteiger partial charge in [0.15, 0.2) is 23.3 Å². The maximum absolute atomic E-state index is 8.42. The van der Waals surface area contributed by atoms with Crippen LogP contribution in [0, 0.1) is 5.41 Å². The summed E-state index contributed by atoms with van der Waals surface area (Å²) in [5, 5.41) is 10.6. The van der Waals surface area contributed by atoms with Crippen molar-refractivity contribution in [2.75, 3.05) is 0 Å². The molecule has 1 radical (unpaired) electrons. The second-order valence-electron chi connectivity index (χ2n) is 11.2. The van der Waals surface area contributed by atoms with Crippen LogP contribution in [-0.4, -0.2) is 59.3 Å². The summed E-state index contributed by atoms with van der Waals surface area (Å²) in [5.41, 5.74) is 5.56. The van der Waals surface area contributed by atoms with Crippen LogP contribution in [-0.2, 0) is 0 Å². The van der Waals surface area contributed by atoms with Crippen molar-refractivity contribution >= 4 is 67.0 Å². The maximum Gasteiger partial charge on any atom is 0.385 e. The van der Waals surface area contributed by atoms with Crippen molar-refractivity contribution in [3.63, 3.8) is 0 Å². The molecule has 9 heteroatoms. The van der Waals surface area contributed by atoms with Crippen molar-refractivity contribution in [1.82, 2.24) is 8.87 Å². The molecule has 0 fully saturated rings. The van der Waals surface area contributed by atoms with Crippen molar-refractivity contribution in [2.45, 2.75) is 18.6 Å². The molecule has 0 saturated carbocycles. The van der Waals surface area contributed by atoms with Gasteiger partial charge in [-0.25, -0.2) is 25.0 Å². The number of hydrogen-bond acceptors (Lipinski definition) is 4. The molecular formula is C35H26AlN8. The summed E-state index contributed by atoms with van der Waals surface area (Å²) in [6, 6.07) is 32.3. The summed E-state index contributed by atoms with van der Waals surface area (Å²) in [5.74, 6) is 4.46. The van der Waals surface area contributed by atoms with E-state index in [2.05, 4.69) is 58.0 Å². The standard InChI is InChI=1S/C32H19N8.C3H7.Al/c33-26-20-11-3-4-12-21(20)28(35-26)37-30-24-15-7-8-16-25(24)32(39-30)40-31-23-14-6-5-13-22(23)29(38-31)36-27-19-10-2-1-9-18(19)17-34-27;1-3-2;/h1-17,34H,(H-,33,35,36,37,38,39,40);3H,1-2H3;/q-1;;+1. The topological polar surface area (TPSA) is 105 Å². The van der Waals surface area contributed by atoms with Crippen LogP contribution in [0.5, 0.6) is 0 Å². The Bertz CT molecular complexity index is 2160. The van der Waals surface area contributed by atoms with Gasteiger partial charge in [-0.3, -0.25) is 5.41 Å². The minimum Gasteiger partial charge on any atom is -0.412 e. The third-order valence-corrected chi connectivity index (χ3v) is 9.18. The van der Waals surface area contributed by atoms with E-state index in [1.165, 1.54) is 0 Å². The molecule has 4 heterocycles. The Kier molecular flexibility index (Phi) is 6.30. The Hall–Kier alpha value is -5.23. The van der Waals surface area contributed by atoms with E-state index in [9.17, 15) is 0 Å². The first kappa shape index (κ1) is 26.4. The van der Waals surface area contributed by atoms with Crippen LogP contribution in [0.3, 0.4) is 0 Å². The normalized spacial score (nSPS) is 17.9. The predicted molar refractivity (Wildman–Crippen MR) is 179 cm³/mol. The van der Waals surface area contributed by atoms with E-state index in [-0.39, 0.29) is 21.3 Å². The molecule has 3 aliphatic rings. The minimum absolute atomic E-state index is 0.237. The Morgan fingerprint density at radius 3 is 1.89 bits per heavy atom. The lowest BCUT2D eigenvalue weighted by molar-refractivity contribution is 0.908. The highest BCUT2D eigenvalue weighted by molar-refractivity contribution is 6.52. The second-order valence-corrected chi connectivity index (χ2v) is 13.3. The fraction of sp³-hybridized carbons (Fsp3) is 0.0857. The highest BCUT2D eigenvalue weighted by atomic mass is 27.1.